The van der Waals surface area contributed by atoms with Gasteiger partial charge in [-0.15, -0.1) is 0 Å². The molecule has 0 aliphatic carbocycles. The summed E-state index contributed by atoms with van der Waals surface area (Å²) in [5, 5.41) is 2.84. The summed E-state index contributed by atoms with van der Waals surface area (Å²) in [6.07, 6.45) is -3.10. The number of anilines is 1. The van der Waals surface area contributed by atoms with Crippen LogP contribution in [-0.4, -0.2) is 70.2 Å². The predicted molar refractivity (Wildman–Crippen MR) is 113 cm³/mol. The first-order chi connectivity index (χ1) is 15.4. The fourth-order valence-electron chi connectivity index (χ4n) is 3.74. The number of aromatic nitrogens is 3. The Morgan fingerprint density at radius 3 is 2.56 bits per heavy atom. The highest BCUT2D eigenvalue weighted by atomic mass is 19.4. The van der Waals surface area contributed by atoms with E-state index in [1.54, 1.807) is 29.2 Å². The summed E-state index contributed by atoms with van der Waals surface area (Å²) in [6, 6.07) is 9.99. The molecule has 1 fully saturated rings. The largest absolute Gasteiger partial charge is 0.495 e. The van der Waals surface area contributed by atoms with Gasteiger partial charge in [0, 0.05) is 45.5 Å². The van der Waals surface area contributed by atoms with Crippen molar-refractivity contribution in [1.29, 1.82) is 0 Å². The number of methoxy groups -OCH3 is 1. The van der Waals surface area contributed by atoms with E-state index in [4.69, 9.17) is 4.74 Å². The first-order valence-electron chi connectivity index (χ1n) is 10.2. The number of nitrogens with zero attached hydrogens (tertiary/aromatic N) is 5. The van der Waals surface area contributed by atoms with E-state index in [0.717, 1.165) is 4.57 Å². The molecule has 1 N–H and O–H groups in total. The summed E-state index contributed by atoms with van der Waals surface area (Å²) < 4.78 is 46.7. The molecule has 0 atom stereocenters. The summed E-state index contributed by atoms with van der Waals surface area (Å²) in [5.74, 6) is -0.373. The molecule has 0 saturated carbocycles. The maximum Gasteiger partial charge on any atom is 0.449 e. The van der Waals surface area contributed by atoms with E-state index in [1.165, 1.54) is 19.4 Å². The number of carbonyl (C=O) groups is 1. The zero-order chi connectivity index (χ0) is 22.7. The number of ether oxygens (including phenoxy) is 1. The Balaban J connectivity index is 1.36. The summed E-state index contributed by atoms with van der Waals surface area (Å²) in [6.45, 7) is 2.55. The molecule has 2 amide bonds. The molecule has 1 aromatic carbocycles. The van der Waals surface area contributed by atoms with Crippen molar-refractivity contribution in [3.8, 4) is 5.75 Å². The molecule has 0 spiro atoms. The smallest absolute Gasteiger partial charge is 0.449 e. The maximum absolute atomic E-state index is 13.4. The molecule has 0 radical (unpaired) electrons. The normalized spacial score (nSPS) is 15.2. The molecule has 1 aliphatic rings. The van der Waals surface area contributed by atoms with Crippen LogP contribution in [0.4, 0.5) is 23.7 Å². The van der Waals surface area contributed by atoms with E-state index in [0.29, 0.717) is 44.2 Å². The van der Waals surface area contributed by atoms with Crippen LogP contribution < -0.4 is 10.1 Å². The fourth-order valence-corrected chi connectivity index (χ4v) is 3.74. The molecular weight excluding hydrogens is 425 g/mol. The number of pyridine rings is 1. The summed E-state index contributed by atoms with van der Waals surface area (Å²) in [7, 11) is 1.53. The third kappa shape index (κ3) is 4.62. The average Bonchev–Trinajstić information content (AvgIpc) is 3.17. The third-order valence-corrected chi connectivity index (χ3v) is 5.41. The zero-order valence-corrected chi connectivity index (χ0v) is 17.5. The number of nitrogens with one attached hydrogen (secondary N) is 1. The van der Waals surface area contributed by atoms with Gasteiger partial charge in [0.2, 0.25) is 5.82 Å². The summed E-state index contributed by atoms with van der Waals surface area (Å²) >= 11 is 0. The van der Waals surface area contributed by atoms with Crippen molar-refractivity contribution in [1.82, 2.24) is 24.3 Å². The molecule has 3 heterocycles. The lowest BCUT2D eigenvalue weighted by molar-refractivity contribution is -0.147. The number of amides is 2. The van der Waals surface area contributed by atoms with Gasteiger partial charge in [-0.1, -0.05) is 12.1 Å². The maximum atomic E-state index is 13.4. The van der Waals surface area contributed by atoms with Gasteiger partial charge in [0.15, 0.2) is 5.65 Å². The average molecular weight is 448 g/mol. The van der Waals surface area contributed by atoms with Gasteiger partial charge in [-0.3, -0.25) is 4.90 Å². The standard InChI is InChI=1S/C21H23F3N6O2/c1-32-17-7-3-2-5-15(17)27-20(31)29-12-9-28(10-13-29)11-14-30-18-16(6-4-8-25-18)26-19(30)21(22,23)24/h2-8H,9-14H2,1H3,(H,27,31). The van der Waals surface area contributed by atoms with Crippen molar-refractivity contribution in [2.75, 3.05) is 45.2 Å². The van der Waals surface area contributed by atoms with Gasteiger partial charge in [0.05, 0.1) is 12.8 Å². The van der Waals surface area contributed by atoms with Crippen molar-refractivity contribution in [2.24, 2.45) is 0 Å². The summed E-state index contributed by atoms with van der Waals surface area (Å²) in [4.78, 5) is 24.1. The lowest BCUT2D eigenvalue weighted by Gasteiger charge is -2.34. The number of piperazine rings is 1. The van der Waals surface area contributed by atoms with Crippen LogP contribution in [0, 0.1) is 0 Å². The summed E-state index contributed by atoms with van der Waals surface area (Å²) in [5.41, 5.74) is 1.02. The number of carbonyl (C=O) groups excluding carboxylic acids is 1. The molecule has 32 heavy (non-hydrogen) atoms. The van der Waals surface area contributed by atoms with Gasteiger partial charge in [-0.25, -0.2) is 14.8 Å². The Morgan fingerprint density at radius 1 is 1.09 bits per heavy atom. The van der Waals surface area contributed by atoms with Crippen LogP contribution in [0.5, 0.6) is 5.75 Å². The van der Waals surface area contributed by atoms with Crippen molar-refractivity contribution < 1.29 is 22.7 Å². The molecule has 170 valence electrons. The van der Waals surface area contributed by atoms with Crippen LogP contribution in [-0.2, 0) is 12.7 Å². The Morgan fingerprint density at radius 2 is 1.84 bits per heavy atom. The Hall–Kier alpha value is -3.34. The molecule has 3 aromatic rings. The first-order valence-corrected chi connectivity index (χ1v) is 10.2. The van der Waals surface area contributed by atoms with Gasteiger partial charge < -0.3 is 19.5 Å². The van der Waals surface area contributed by atoms with Crippen LogP contribution >= 0.6 is 0 Å². The van der Waals surface area contributed by atoms with Crippen LogP contribution in [0.1, 0.15) is 5.82 Å². The number of urea groups is 1. The lowest BCUT2D eigenvalue weighted by Crippen LogP contribution is -2.50. The van der Waals surface area contributed by atoms with E-state index in [9.17, 15) is 18.0 Å². The minimum atomic E-state index is -4.56. The van der Waals surface area contributed by atoms with Gasteiger partial charge in [0.25, 0.3) is 0 Å². The molecule has 0 bridgehead atoms. The number of halogens is 3. The molecular formula is C21H23F3N6O2. The van der Waals surface area contributed by atoms with Crippen molar-refractivity contribution in [3.05, 3.63) is 48.4 Å². The first kappa shape index (κ1) is 21.9. The quantitative estimate of drug-likeness (QED) is 0.648. The minimum absolute atomic E-state index is 0.107. The predicted octanol–water partition coefficient (Wildman–Crippen LogP) is 3.31. The van der Waals surface area contributed by atoms with Crippen LogP contribution in [0.15, 0.2) is 42.6 Å². The Kier molecular flexibility index (Phi) is 6.17. The Labute approximate surface area is 182 Å². The molecule has 4 rings (SSSR count). The highest BCUT2D eigenvalue weighted by Crippen LogP contribution is 2.31. The molecule has 2 aromatic heterocycles. The van der Waals surface area contributed by atoms with Crippen LogP contribution in [0.3, 0.4) is 0 Å². The number of benzene rings is 1. The van der Waals surface area contributed by atoms with Crippen LogP contribution in [0.2, 0.25) is 0 Å². The molecule has 8 nitrogen and oxygen atoms in total. The van der Waals surface area contributed by atoms with Crippen LogP contribution in [0.25, 0.3) is 11.2 Å². The van der Waals surface area contributed by atoms with E-state index in [1.807, 2.05) is 11.0 Å². The Bertz CT molecular complexity index is 1090. The second-order valence-corrected chi connectivity index (χ2v) is 7.39. The van der Waals surface area contributed by atoms with Gasteiger partial charge in [-0.2, -0.15) is 13.2 Å². The van der Waals surface area contributed by atoms with Crippen molar-refractivity contribution in [3.63, 3.8) is 0 Å². The van der Waals surface area contributed by atoms with Crippen molar-refractivity contribution >= 4 is 22.9 Å². The second kappa shape index (κ2) is 9.03. The fraction of sp³-hybridized carbons (Fsp3) is 0.381. The number of hydrogen-bond acceptors (Lipinski definition) is 5. The highest BCUT2D eigenvalue weighted by molar-refractivity contribution is 5.91. The second-order valence-electron chi connectivity index (χ2n) is 7.39. The minimum Gasteiger partial charge on any atom is -0.495 e. The van der Waals surface area contributed by atoms with Gasteiger partial charge in [0.1, 0.15) is 11.3 Å². The van der Waals surface area contributed by atoms with E-state index in [-0.39, 0.29) is 23.7 Å². The number of para-hydroxylation sites is 2. The topological polar surface area (TPSA) is 75.5 Å². The molecule has 1 saturated heterocycles. The van der Waals surface area contributed by atoms with Crippen molar-refractivity contribution in [2.45, 2.75) is 12.7 Å². The number of hydrogen-bond donors (Lipinski definition) is 1. The number of imidazole rings is 1. The molecule has 1 aliphatic heterocycles. The van der Waals surface area contributed by atoms with Gasteiger partial charge >= 0.3 is 12.2 Å². The molecule has 0 unspecified atom stereocenters. The van der Waals surface area contributed by atoms with Gasteiger partial charge in [-0.05, 0) is 24.3 Å². The molecule has 11 heteroatoms. The van der Waals surface area contributed by atoms with E-state index < -0.39 is 12.0 Å². The van der Waals surface area contributed by atoms with E-state index >= 15 is 0 Å². The monoisotopic (exact) mass is 448 g/mol. The third-order valence-electron chi connectivity index (χ3n) is 5.41. The SMILES string of the molecule is COc1ccccc1NC(=O)N1CCN(CCn2c(C(F)(F)F)nc3cccnc32)CC1. The number of fused-ring (bicyclic) bond motifs is 1. The zero-order valence-electron chi connectivity index (χ0n) is 17.5. The highest BCUT2D eigenvalue weighted by Gasteiger charge is 2.38. The number of rotatable bonds is 5. The lowest BCUT2D eigenvalue weighted by atomic mass is 10.3. The number of alkyl halides is 3. The van der Waals surface area contributed by atoms with E-state index in [2.05, 4.69) is 15.3 Å².